The van der Waals surface area contributed by atoms with E-state index in [-0.39, 0.29) is 23.0 Å². The molecule has 2 amide bonds. The SMILES string of the molecule is CCCNC(=O)[C@H](C)N(Cc1ccccc1Cl)C(=O)CN(c1cc(C)ccc1OC)S(=O)(=O)c1ccc(C)cc1. The molecule has 0 aliphatic rings. The first kappa shape index (κ1) is 31.0. The first-order chi connectivity index (χ1) is 19.0. The summed E-state index contributed by atoms with van der Waals surface area (Å²) in [5.74, 6) is -0.623. The zero-order chi connectivity index (χ0) is 29.4. The Morgan fingerprint density at radius 2 is 1.65 bits per heavy atom. The van der Waals surface area contributed by atoms with Gasteiger partial charge in [-0.05, 0) is 68.7 Å². The Morgan fingerprint density at radius 1 is 1.00 bits per heavy atom. The number of ether oxygens (including phenoxy) is 1. The van der Waals surface area contributed by atoms with Gasteiger partial charge in [-0.25, -0.2) is 8.42 Å². The van der Waals surface area contributed by atoms with E-state index in [2.05, 4.69) is 5.32 Å². The molecule has 1 N–H and O–H groups in total. The number of carbonyl (C=O) groups excluding carboxylic acids is 2. The van der Waals surface area contributed by atoms with Gasteiger partial charge in [-0.1, -0.05) is 60.5 Å². The summed E-state index contributed by atoms with van der Waals surface area (Å²) in [5, 5.41) is 3.26. The van der Waals surface area contributed by atoms with Crippen LogP contribution in [0.2, 0.25) is 5.02 Å². The van der Waals surface area contributed by atoms with E-state index >= 15 is 0 Å². The second-order valence-electron chi connectivity index (χ2n) is 9.58. The number of methoxy groups -OCH3 is 1. The van der Waals surface area contributed by atoms with Crippen molar-refractivity contribution in [3.63, 3.8) is 0 Å². The number of benzene rings is 3. The van der Waals surface area contributed by atoms with Crippen LogP contribution in [0.4, 0.5) is 5.69 Å². The molecule has 0 heterocycles. The highest BCUT2D eigenvalue weighted by Gasteiger charge is 2.34. The van der Waals surface area contributed by atoms with Crippen LogP contribution in [0.5, 0.6) is 5.75 Å². The third kappa shape index (κ3) is 7.34. The van der Waals surface area contributed by atoms with E-state index in [1.54, 1.807) is 61.5 Å². The predicted molar refractivity (Wildman–Crippen MR) is 158 cm³/mol. The van der Waals surface area contributed by atoms with Gasteiger partial charge in [0.25, 0.3) is 10.0 Å². The monoisotopic (exact) mass is 585 g/mol. The normalized spacial score (nSPS) is 11.9. The lowest BCUT2D eigenvalue weighted by Gasteiger charge is -2.32. The highest BCUT2D eigenvalue weighted by molar-refractivity contribution is 7.92. The van der Waals surface area contributed by atoms with Crippen LogP contribution < -0.4 is 14.4 Å². The van der Waals surface area contributed by atoms with Crippen molar-refractivity contribution >= 4 is 39.1 Å². The largest absolute Gasteiger partial charge is 0.495 e. The number of rotatable bonds is 12. The number of amides is 2. The molecule has 10 heteroatoms. The van der Waals surface area contributed by atoms with E-state index in [0.29, 0.717) is 22.9 Å². The topological polar surface area (TPSA) is 96.0 Å². The number of carbonyl (C=O) groups is 2. The van der Waals surface area contributed by atoms with Gasteiger partial charge in [0.15, 0.2) is 0 Å². The molecule has 0 aliphatic carbocycles. The molecule has 8 nitrogen and oxygen atoms in total. The fraction of sp³-hybridized carbons (Fsp3) is 0.333. The Balaban J connectivity index is 2.10. The number of hydrogen-bond acceptors (Lipinski definition) is 5. The first-order valence-electron chi connectivity index (χ1n) is 13.0. The lowest BCUT2D eigenvalue weighted by Crippen LogP contribution is -2.51. The Morgan fingerprint density at radius 3 is 2.27 bits per heavy atom. The van der Waals surface area contributed by atoms with Gasteiger partial charge >= 0.3 is 0 Å². The van der Waals surface area contributed by atoms with Gasteiger partial charge in [0.1, 0.15) is 18.3 Å². The number of nitrogens with zero attached hydrogens (tertiary/aromatic N) is 2. The van der Waals surface area contributed by atoms with Gasteiger partial charge in [0, 0.05) is 18.1 Å². The summed E-state index contributed by atoms with van der Waals surface area (Å²) in [7, 11) is -2.77. The van der Waals surface area contributed by atoms with Crippen molar-refractivity contribution in [1.82, 2.24) is 10.2 Å². The molecule has 0 unspecified atom stereocenters. The zero-order valence-electron chi connectivity index (χ0n) is 23.5. The van der Waals surface area contributed by atoms with E-state index in [1.807, 2.05) is 20.8 Å². The van der Waals surface area contributed by atoms with Crippen LogP contribution in [-0.4, -0.2) is 51.4 Å². The summed E-state index contributed by atoms with van der Waals surface area (Å²) in [6, 6.07) is 17.7. The maximum absolute atomic E-state index is 14.0. The molecule has 0 radical (unpaired) electrons. The Hall–Kier alpha value is -3.56. The molecule has 0 aliphatic heterocycles. The second-order valence-corrected chi connectivity index (χ2v) is 11.8. The number of anilines is 1. The first-order valence-corrected chi connectivity index (χ1v) is 14.9. The van der Waals surface area contributed by atoms with Crippen molar-refractivity contribution in [3.8, 4) is 5.75 Å². The summed E-state index contributed by atoms with van der Waals surface area (Å²) in [4.78, 5) is 28.4. The molecule has 0 bridgehead atoms. The summed E-state index contributed by atoms with van der Waals surface area (Å²) >= 11 is 6.40. The molecule has 0 saturated heterocycles. The number of sulfonamides is 1. The van der Waals surface area contributed by atoms with Crippen molar-refractivity contribution in [2.75, 3.05) is 24.5 Å². The predicted octanol–water partition coefficient (Wildman–Crippen LogP) is 5.10. The van der Waals surface area contributed by atoms with Crippen molar-refractivity contribution < 1.29 is 22.7 Å². The van der Waals surface area contributed by atoms with Gasteiger partial charge in [-0.2, -0.15) is 0 Å². The Bertz CT molecular complexity index is 1440. The van der Waals surface area contributed by atoms with Gasteiger partial charge in [-0.3, -0.25) is 13.9 Å². The van der Waals surface area contributed by atoms with E-state index in [4.69, 9.17) is 16.3 Å². The molecule has 0 aromatic heterocycles. The molecular formula is C30H36ClN3O5S. The van der Waals surface area contributed by atoms with Crippen LogP contribution in [0, 0.1) is 13.8 Å². The highest BCUT2D eigenvalue weighted by atomic mass is 35.5. The van der Waals surface area contributed by atoms with Crippen molar-refractivity contribution in [3.05, 3.63) is 88.4 Å². The van der Waals surface area contributed by atoms with Gasteiger partial charge in [-0.15, -0.1) is 0 Å². The summed E-state index contributed by atoms with van der Waals surface area (Å²) in [5.41, 5.74) is 2.53. The molecule has 0 fully saturated rings. The molecule has 3 aromatic rings. The van der Waals surface area contributed by atoms with Gasteiger partial charge < -0.3 is 15.0 Å². The van der Waals surface area contributed by atoms with Crippen LogP contribution in [0.3, 0.4) is 0 Å². The molecule has 3 rings (SSSR count). The molecule has 3 aromatic carbocycles. The lowest BCUT2D eigenvalue weighted by molar-refractivity contribution is -0.139. The van der Waals surface area contributed by atoms with Gasteiger partial charge in [0.05, 0.1) is 17.7 Å². The van der Waals surface area contributed by atoms with Crippen molar-refractivity contribution in [2.24, 2.45) is 0 Å². The molecule has 0 saturated carbocycles. The maximum Gasteiger partial charge on any atom is 0.264 e. The van der Waals surface area contributed by atoms with Crippen molar-refractivity contribution in [2.45, 2.75) is 51.6 Å². The lowest BCUT2D eigenvalue weighted by atomic mass is 10.1. The Kier molecular flexibility index (Phi) is 10.6. The van der Waals surface area contributed by atoms with Crippen molar-refractivity contribution in [1.29, 1.82) is 0 Å². The smallest absolute Gasteiger partial charge is 0.264 e. The standard InChI is InChI=1S/C30H36ClN3O5S/c1-6-17-32-30(36)23(4)33(19-24-9-7-8-10-26(24)31)29(35)20-34(27-18-22(3)13-16-28(27)39-5)40(37,38)25-14-11-21(2)12-15-25/h7-16,18,23H,6,17,19-20H2,1-5H3,(H,32,36)/t23-/m0/s1. The second kappa shape index (κ2) is 13.7. The maximum atomic E-state index is 14.0. The number of aryl methyl sites for hydroxylation is 2. The fourth-order valence-electron chi connectivity index (χ4n) is 4.13. The van der Waals surface area contributed by atoms with E-state index in [0.717, 1.165) is 21.9 Å². The average molecular weight is 586 g/mol. The van der Waals surface area contributed by atoms with Crippen LogP contribution in [0.1, 0.15) is 37.0 Å². The Labute approximate surface area is 241 Å². The minimum Gasteiger partial charge on any atom is -0.495 e. The third-order valence-electron chi connectivity index (χ3n) is 6.51. The van der Waals surface area contributed by atoms with Crippen LogP contribution in [0.15, 0.2) is 71.6 Å². The zero-order valence-corrected chi connectivity index (χ0v) is 25.1. The minimum atomic E-state index is -4.21. The molecule has 40 heavy (non-hydrogen) atoms. The molecule has 0 spiro atoms. The van der Waals surface area contributed by atoms with E-state index in [9.17, 15) is 18.0 Å². The molecule has 214 valence electrons. The molecular weight excluding hydrogens is 550 g/mol. The van der Waals surface area contributed by atoms with Gasteiger partial charge in [0.2, 0.25) is 11.8 Å². The van der Waals surface area contributed by atoms with E-state index in [1.165, 1.54) is 24.1 Å². The van der Waals surface area contributed by atoms with Crippen LogP contribution in [-0.2, 0) is 26.2 Å². The summed E-state index contributed by atoms with van der Waals surface area (Å²) < 4.78 is 34.6. The summed E-state index contributed by atoms with van der Waals surface area (Å²) in [6.45, 7) is 7.14. The fourth-order valence-corrected chi connectivity index (χ4v) is 5.75. The highest BCUT2D eigenvalue weighted by Crippen LogP contribution is 2.34. The molecule has 1 atom stereocenters. The van der Waals surface area contributed by atoms with Crippen LogP contribution in [0.25, 0.3) is 0 Å². The average Bonchev–Trinajstić information content (AvgIpc) is 2.93. The van der Waals surface area contributed by atoms with Crippen LogP contribution >= 0.6 is 11.6 Å². The quantitative estimate of drug-likeness (QED) is 0.319. The minimum absolute atomic E-state index is 0.0165. The third-order valence-corrected chi connectivity index (χ3v) is 8.65. The number of hydrogen-bond donors (Lipinski definition) is 1. The number of nitrogens with one attached hydrogen (secondary N) is 1. The van der Waals surface area contributed by atoms with E-state index < -0.39 is 28.5 Å². The summed E-state index contributed by atoms with van der Waals surface area (Å²) in [6.07, 6.45) is 0.729. The number of halogens is 1.